The first kappa shape index (κ1) is 10.1. The van der Waals surface area contributed by atoms with Crippen LogP contribution in [0.5, 0.6) is 0 Å². The molecule has 0 saturated carbocycles. The van der Waals surface area contributed by atoms with E-state index in [-0.39, 0.29) is 0 Å². The largest absolute Gasteiger partial charge is 0.261 e. The zero-order valence-corrected chi connectivity index (χ0v) is 8.79. The van der Waals surface area contributed by atoms with E-state index in [9.17, 15) is 4.39 Å². The van der Waals surface area contributed by atoms with Crippen molar-refractivity contribution in [2.75, 3.05) is 0 Å². The number of aromatic nitrogens is 2. The lowest BCUT2D eigenvalue weighted by atomic mass is 10.1. The maximum atomic E-state index is 12.6. The van der Waals surface area contributed by atoms with E-state index >= 15 is 0 Å². The Morgan fingerprint density at radius 3 is 2.60 bits per heavy atom. The predicted molar refractivity (Wildman–Crippen MR) is 57.2 cm³/mol. The molecule has 0 unspecified atom stereocenters. The van der Waals surface area contributed by atoms with Gasteiger partial charge in [-0.25, -0.2) is 4.98 Å². The predicted octanol–water partition coefficient (Wildman–Crippen LogP) is 3.24. The van der Waals surface area contributed by atoms with Crippen LogP contribution >= 0.6 is 11.6 Å². The van der Waals surface area contributed by atoms with Crippen LogP contribution in [0, 0.1) is 12.9 Å². The fraction of sp³-hybridized carbons (Fsp3) is 0.0909. The Morgan fingerprint density at radius 1 is 1.20 bits per heavy atom. The van der Waals surface area contributed by atoms with Crippen molar-refractivity contribution in [3.05, 3.63) is 47.3 Å². The quantitative estimate of drug-likeness (QED) is 0.693. The standard InChI is InChI=1S/C11H8ClFN2/c1-7-11(9(12)4-5-14-7)8-2-3-10(13)15-6-8/h2-6H,1H3. The number of pyridine rings is 2. The maximum Gasteiger partial charge on any atom is 0.212 e. The molecule has 0 saturated heterocycles. The van der Waals surface area contributed by atoms with Gasteiger partial charge in [0.25, 0.3) is 0 Å². The number of hydrogen-bond acceptors (Lipinski definition) is 2. The Balaban J connectivity index is 2.58. The van der Waals surface area contributed by atoms with Crippen LogP contribution in [-0.4, -0.2) is 9.97 Å². The number of nitrogens with zero attached hydrogens (tertiary/aromatic N) is 2. The fourth-order valence-electron chi connectivity index (χ4n) is 1.41. The first-order chi connectivity index (χ1) is 7.18. The Bertz CT molecular complexity index is 462. The SMILES string of the molecule is Cc1nccc(Cl)c1-c1ccc(F)nc1. The van der Waals surface area contributed by atoms with Crippen LogP contribution in [0.25, 0.3) is 11.1 Å². The molecule has 15 heavy (non-hydrogen) atoms. The van der Waals surface area contributed by atoms with Crippen molar-refractivity contribution in [3.63, 3.8) is 0 Å². The number of aryl methyl sites for hydroxylation is 1. The molecule has 0 radical (unpaired) electrons. The van der Waals surface area contributed by atoms with Crippen molar-refractivity contribution < 1.29 is 4.39 Å². The van der Waals surface area contributed by atoms with Crippen molar-refractivity contribution in [2.45, 2.75) is 6.92 Å². The summed E-state index contributed by atoms with van der Waals surface area (Å²) in [4.78, 5) is 7.72. The highest BCUT2D eigenvalue weighted by Crippen LogP contribution is 2.28. The van der Waals surface area contributed by atoms with Crippen LogP contribution in [0.1, 0.15) is 5.69 Å². The molecule has 2 rings (SSSR count). The van der Waals surface area contributed by atoms with Gasteiger partial charge in [0.2, 0.25) is 5.95 Å². The lowest BCUT2D eigenvalue weighted by Gasteiger charge is -2.06. The van der Waals surface area contributed by atoms with Gasteiger partial charge in [0.1, 0.15) is 0 Å². The van der Waals surface area contributed by atoms with E-state index in [1.54, 1.807) is 18.3 Å². The number of hydrogen-bond donors (Lipinski definition) is 0. The van der Waals surface area contributed by atoms with E-state index in [1.807, 2.05) is 6.92 Å². The number of halogens is 2. The summed E-state index contributed by atoms with van der Waals surface area (Å²) in [5, 5.41) is 0.593. The van der Waals surface area contributed by atoms with Crippen LogP contribution in [-0.2, 0) is 0 Å². The molecular weight excluding hydrogens is 215 g/mol. The molecule has 2 aromatic rings. The van der Waals surface area contributed by atoms with E-state index in [2.05, 4.69) is 9.97 Å². The van der Waals surface area contributed by atoms with Crippen molar-refractivity contribution >= 4 is 11.6 Å². The van der Waals surface area contributed by atoms with E-state index in [1.165, 1.54) is 12.3 Å². The summed E-state index contributed by atoms with van der Waals surface area (Å²) in [7, 11) is 0. The highest BCUT2D eigenvalue weighted by molar-refractivity contribution is 6.33. The molecule has 0 bridgehead atoms. The summed E-state index contributed by atoms with van der Waals surface area (Å²) in [5.41, 5.74) is 2.37. The van der Waals surface area contributed by atoms with Crippen LogP contribution in [0.3, 0.4) is 0 Å². The molecule has 0 aliphatic carbocycles. The van der Waals surface area contributed by atoms with E-state index in [0.717, 1.165) is 16.8 Å². The summed E-state index contributed by atoms with van der Waals surface area (Å²) in [6, 6.07) is 4.64. The third-order valence-corrected chi connectivity index (χ3v) is 2.42. The van der Waals surface area contributed by atoms with E-state index in [4.69, 9.17) is 11.6 Å². The fourth-order valence-corrected chi connectivity index (χ4v) is 1.71. The molecule has 0 N–H and O–H groups in total. The van der Waals surface area contributed by atoms with Gasteiger partial charge in [0.05, 0.1) is 5.02 Å². The monoisotopic (exact) mass is 222 g/mol. The van der Waals surface area contributed by atoms with Crippen molar-refractivity contribution in [1.82, 2.24) is 9.97 Å². The van der Waals surface area contributed by atoms with Crippen LogP contribution in [0.4, 0.5) is 4.39 Å². The lowest BCUT2D eigenvalue weighted by Crippen LogP contribution is -1.90. The maximum absolute atomic E-state index is 12.6. The smallest absolute Gasteiger partial charge is 0.212 e. The third kappa shape index (κ3) is 1.97. The minimum absolute atomic E-state index is 0.503. The average molecular weight is 223 g/mol. The molecule has 4 heteroatoms. The first-order valence-electron chi connectivity index (χ1n) is 4.41. The number of rotatable bonds is 1. The molecule has 2 heterocycles. The van der Waals surface area contributed by atoms with Crippen LogP contribution in [0.2, 0.25) is 5.02 Å². The van der Waals surface area contributed by atoms with Gasteiger partial charge in [-0.05, 0) is 25.1 Å². The highest BCUT2D eigenvalue weighted by Gasteiger charge is 2.07. The second-order valence-electron chi connectivity index (χ2n) is 3.12. The molecule has 76 valence electrons. The summed E-state index contributed by atoms with van der Waals surface area (Å²) < 4.78 is 12.6. The molecule has 0 amide bonds. The second-order valence-corrected chi connectivity index (χ2v) is 3.53. The topological polar surface area (TPSA) is 25.8 Å². The molecule has 0 aliphatic heterocycles. The van der Waals surface area contributed by atoms with Gasteiger partial charge in [-0.1, -0.05) is 11.6 Å². The van der Waals surface area contributed by atoms with Gasteiger partial charge in [-0.2, -0.15) is 4.39 Å². The van der Waals surface area contributed by atoms with Gasteiger partial charge in [0.15, 0.2) is 0 Å². The second kappa shape index (κ2) is 3.95. The van der Waals surface area contributed by atoms with Crippen molar-refractivity contribution in [2.24, 2.45) is 0 Å². The van der Waals surface area contributed by atoms with Gasteiger partial charge in [-0.3, -0.25) is 4.98 Å². The molecular formula is C11H8ClFN2. The van der Waals surface area contributed by atoms with Gasteiger partial charge < -0.3 is 0 Å². The van der Waals surface area contributed by atoms with Crippen LogP contribution in [0.15, 0.2) is 30.6 Å². The van der Waals surface area contributed by atoms with Gasteiger partial charge in [-0.15, -0.1) is 0 Å². The highest BCUT2D eigenvalue weighted by atomic mass is 35.5. The summed E-state index contributed by atoms with van der Waals surface area (Å²) in [5.74, 6) is -0.503. The zero-order chi connectivity index (χ0) is 10.8. The Morgan fingerprint density at radius 2 is 2.00 bits per heavy atom. The van der Waals surface area contributed by atoms with Crippen molar-refractivity contribution in [1.29, 1.82) is 0 Å². The van der Waals surface area contributed by atoms with E-state index < -0.39 is 5.95 Å². The Hall–Kier alpha value is -1.48. The molecule has 2 aromatic heterocycles. The summed E-state index contributed by atoms with van der Waals surface area (Å²) >= 11 is 6.04. The minimum atomic E-state index is -0.503. The summed E-state index contributed by atoms with van der Waals surface area (Å²) in [6.07, 6.45) is 3.09. The lowest BCUT2D eigenvalue weighted by molar-refractivity contribution is 0.584. The van der Waals surface area contributed by atoms with Gasteiger partial charge >= 0.3 is 0 Å². The van der Waals surface area contributed by atoms with Crippen LogP contribution < -0.4 is 0 Å². The van der Waals surface area contributed by atoms with Crippen molar-refractivity contribution in [3.8, 4) is 11.1 Å². The molecule has 2 nitrogen and oxygen atoms in total. The average Bonchev–Trinajstić information content (AvgIpc) is 2.20. The molecule has 0 fully saturated rings. The van der Waals surface area contributed by atoms with Gasteiger partial charge in [0, 0.05) is 29.2 Å². The molecule has 0 atom stereocenters. The van der Waals surface area contributed by atoms with E-state index in [0.29, 0.717) is 5.02 Å². The summed E-state index contributed by atoms with van der Waals surface area (Å²) in [6.45, 7) is 1.85. The molecule has 0 aromatic carbocycles. The molecule has 0 aliphatic rings. The third-order valence-electron chi connectivity index (χ3n) is 2.11. The first-order valence-corrected chi connectivity index (χ1v) is 4.79. The Kier molecular flexibility index (Phi) is 2.64. The molecule has 0 spiro atoms. The zero-order valence-electron chi connectivity index (χ0n) is 8.04. The normalized spacial score (nSPS) is 10.3. The minimum Gasteiger partial charge on any atom is -0.261 e. The Labute approximate surface area is 91.8 Å².